The molecule has 0 spiro atoms. The van der Waals surface area contributed by atoms with Crippen molar-refractivity contribution in [1.82, 2.24) is 4.57 Å². The Morgan fingerprint density at radius 2 is 1.86 bits per heavy atom. The minimum atomic E-state index is -0.184. The molecule has 1 aromatic carbocycles. The van der Waals surface area contributed by atoms with Gasteiger partial charge in [0, 0.05) is 0 Å². The summed E-state index contributed by atoms with van der Waals surface area (Å²) in [7, 11) is -0.184. The Labute approximate surface area is 90.0 Å². The molecule has 0 radical (unpaired) electrons. The van der Waals surface area contributed by atoms with Gasteiger partial charge in [-0.3, -0.25) is 0 Å². The number of nitrogens with zero attached hydrogens (tertiary/aromatic N) is 1. The maximum absolute atomic E-state index is 2.64. The molecule has 0 unspecified atom stereocenters. The van der Waals surface area contributed by atoms with Crippen LogP contribution in [0.2, 0.25) is 0 Å². The number of unbranched alkanes of at least 4 members (excludes halogenated alkanes) is 1. The van der Waals surface area contributed by atoms with E-state index in [2.05, 4.69) is 48.7 Å². The fraction of sp³-hybridized carbons (Fsp3) is 0.500. The molecule has 1 nitrogen and oxygen atoms in total. The largest absolute Gasteiger partial charge is 0.325 e. The number of hydrogen-bond donors (Lipinski definition) is 0. The second-order valence-electron chi connectivity index (χ2n) is 3.71. The van der Waals surface area contributed by atoms with Crippen molar-refractivity contribution in [3.05, 3.63) is 30.3 Å². The molecule has 0 bridgehead atoms. The molecule has 0 aromatic heterocycles. The lowest BCUT2D eigenvalue weighted by atomic mass is 10.3. The maximum atomic E-state index is 2.64. The van der Waals surface area contributed by atoms with Crippen LogP contribution in [0.5, 0.6) is 0 Å². The fourth-order valence-electron chi connectivity index (χ4n) is 1.57. The molecule has 0 amide bonds. The van der Waals surface area contributed by atoms with Gasteiger partial charge in [0.1, 0.15) is 9.68 Å². The van der Waals surface area contributed by atoms with Gasteiger partial charge in [-0.25, -0.2) is 0 Å². The molecule has 0 N–H and O–H groups in total. The van der Waals surface area contributed by atoms with Crippen molar-refractivity contribution in [3.8, 4) is 0 Å². The highest BCUT2D eigenvalue weighted by Crippen LogP contribution is 1.93. The SMILES string of the molecule is CCCCN(CC)[SiH2]c1ccccc1. The molecular formula is C12H21NSi. The van der Waals surface area contributed by atoms with Gasteiger partial charge in [0.15, 0.2) is 0 Å². The maximum Gasteiger partial charge on any atom is 0.127 e. The molecule has 78 valence electrons. The van der Waals surface area contributed by atoms with E-state index < -0.39 is 0 Å². The lowest BCUT2D eigenvalue weighted by Gasteiger charge is -2.19. The van der Waals surface area contributed by atoms with Gasteiger partial charge in [-0.1, -0.05) is 50.6 Å². The molecule has 0 saturated carbocycles. The van der Waals surface area contributed by atoms with Crippen LogP contribution in [0.25, 0.3) is 0 Å². The summed E-state index contributed by atoms with van der Waals surface area (Å²) >= 11 is 0. The highest BCUT2D eigenvalue weighted by Gasteiger charge is 2.02. The standard InChI is InChI=1S/C12H21NSi/c1-3-5-11-13(4-2)14-12-9-7-6-8-10-12/h6-10H,3-5,11,14H2,1-2H3. The summed E-state index contributed by atoms with van der Waals surface area (Å²) in [4.78, 5) is 0. The first-order valence-electron chi connectivity index (χ1n) is 5.63. The van der Waals surface area contributed by atoms with Crippen molar-refractivity contribution in [2.45, 2.75) is 26.7 Å². The lowest BCUT2D eigenvalue weighted by Crippen LogP contribution is -2.36. The van der Waals surface area contributed by atoms with Crippen molar-refractivity contribution in [3.63, 3.8) is 0 Å². The molecule has 0 aliphatic carbocycles. The first kappa shape index (κ1) is 11.5. The van der Waals surface area contributed by atoms with Gasteiger partial charge in [-0.2, -0.15) is 0 Å². The molecule has 0 heterocycles. The van der Waals surface area contributed by atoms with E-state index in [4.69, 9.17) is 0 Å². The quantitative estimate of drug-likeness (QED) is 0.639. The van der Waals surface area contributed by atoms with Crippen LogP contribution in [0.4, 0.5) is 0 Å². The van der Waals surface area contributed by atoms with E-state index >= 15 is 0 Å². The average Bonchev–Trinajstić information content (AvgIpc) is 2.25. The Hall–Kier alpha value is -0.603. The summed E-state index contributed by atoms with van der Waals surface area (Å²) in [5, 5.41) is 1.56. The summed E-state index contributed by atoms with van der Waals surface area (Å²) < 4.78 is 2.64. The molecule has 0 aliphatic heterocycles. The van der Waals surface area contributed by atoms with Crippen LogP contribution in [0.15, 0.2) is 30.3 Å². The van der Waals surface area contributed by atoms with E-state index in [1.807, 2.05) is 0 Å². The fourth-order valence-corrected chi connectivity index (χ4v) is 3.18. The molecule has 14 heavy (non-hydrogen) atoms. The van der Waals surface area contributed by atoms with E-state index in [1.165, 1.54) is 25.9 Å². The monoisotopic (exact) mass is 207 g/mol. The molecule has 0 fully saturated rings. The Balaban J connectivity index is 2.40. The van der Waals surface area contributed by atoms with Gasteiger partial charge in [0.25, 0.3) is 0 Å². The first-order valence-corrected chi connectivity index (χ1v) is 6.97. The predicted molar refractivity (Wildman–Crippen MR) is 66.8 cm³/mol. The van der Waals surface area contributed by atoms with E-state index in [0.717, 1.165) is 0 Å². The zero-order valence-corrected chi connectivity index (χ0v) is 10.8. The van der Waals surface area contributed by atoms with Crippen molar-refractivity contribution in [2.24, 2.45) is 0 Å². The van der Waals surface area contributed by atoms with Gasteiger partial charge < -0.3 is 4.57 Å². The summed E-state index contributed by atoms with van der Waals surface area (Å²) in [6, 6.07) is 10.9. The van der Waals surface area contributed by atoms with Crippen LogP contribution in [-0.2, 0) is 0 Å². The topological polar surface area (TPSA) is 3.24 Å². The molecule has 1 aromatic rings. The van der Waals surface area contributed by atoms with Gasteiger partial charge in [-0.15, -0.1) is 0 Å². The third-order valence-corrected chi connectivity index (χ3v) is 4.57. The first-order chi connectivity index (χ1) is 6.86. The van der Waals surface area contributed by atoms with Gasteiger partial charge in [0.05, 0.1) is 0 Å². The molecular weight excluding hydrogens is 186 g/mol. The second-order valence-corrected chi connectivity index (χ2v) is 5.74. The van der Waals surface area contributed by atoms with E-state index in [-0.39, 0.29) is 9.68 Å². The zero-order valence-electron chi connectivity index (χ0n) is 9.37. The van der Waals surface area contributed by atoms with Crippen LogP contribution in [0.3, 0.4) is 0 Å². The summed E-state index contributed by atoms with van der Waals surface area (Å²) in [5.74, 6) is 0. The van der Waals surface area contributed by atoms with Crippen molar-refractivity contribution in [1.29, 1.82) is 0 Å². The number of benzene rings is 1. The third-order valence-electron chi connectivity index (χ3n) is 2.52. The average molecular weight is 207 g/mol. The summed E-state index contributed by atoms with van der Waals surface area (Å²) in [6.45, 7) is 7.03. The second kappa shape index (κ2) is 6.79. The van der Waals surface area contributed by atoms with Crippen LogP contribution >= 0.6 is 0 Å². The predicted octanol–water partition coefficient (Wildman–Crippen LogP) is 1.52. The summed E-state index contributed by atoms with van der Waals surface area (Å²) in [5.41, 5.74) is 0. The minimum Gasteiger partial charge on any atom is -0.325 e. The van der Waals surface area contributed by atoms with Crippen molar-refractivity contribution < 1.29 is 0 Å². The molecule has 2 heteroatoms. The van der Waals surface area contributed by atoms with Crippen LogP contribution in [0.1, 0.15) is 26.7 Å². The van der Waals surface area contributed by atoms with Crippen LogP contribution in [0, 0.1) is 0 Å². The molecule has 0 atom stereocenters. The van der Waals surface area contributed by atoms with Crippen molar-refractivity contribution in [2.75, 3.05) is 13.1 Å². The van der Waals surface area contributed by atoms with E-state index in [1.54, 1.807) is 5.19 Å². The van der Waals surface area contributed by atoms with Gasteiger partial charge in [0.2, 0.25) is 0 Å². The van der Waals surface area contributed by atoms with Gasteiger partial charge >= 0.3 is 0 Å². The van der Waals surface area contributed by atoms with E-state index in [9.17, 15) is 0 Å². The Kier molecular flexibility index (Phi) is 5.57. The van der Waals surface area contributed by atoms with Gasteiger partial charge in [-0.05, 0) is 24.7 Å². The number of hydrogen-bond acceptors (Lipinski definition) is 1. The Bertz CT molecular complexity index is 235. The zero-order chi connectivity index (χ0) is 10.2. The van der Waals surface area contributed by atoms with Crippen LogP contribution < -0.4 is 5.19 Å². The van der Waals surface area contributed by atoms with E-state index in [0.29, 0.717) is 0 Å². The Morgan fingerprint density at radius 3 is 2.43 bits per heavy atom. The highest BCUT2D eigenvalue weighted by molar-refractivity contribution is 6.50. The third kappa shape index (κ3) is 4.07. The molecule has 1 rings (SSSR count). The lowest BCUT2D eigenvalue weighted by molar-refractivity contribution is 0.456. The molecule has 0 aliphatic rings. The number of rotatable bonds is 6. The Morgan fingerprint density at radius 1 is 1.14 bits per heavy atom. The van der Waals surface area contributed by atoms with Crippen molar-refractivity contribution >= 4 is 14.9 Å². The van der Waals surface area contributed by atoms with Crippen LogP contribution in [-0.4, -0.2) is 27.3 Å². The highest BCUT2D eigenvalue weighted by atomic mass is 28.2. The smallest absolute Gasteiger partial charge is 0.127 e. The minimum absolute atomic E-state index is 0.184. The molecule has 0 saturated heterocycles. The summed E-state index contributed by atoms with van der Waals surface area (Å²) in [6.07, 6.45) is 2.65. The normalized spacial score (nSPS) is 11.6.